The number of amides is 3. The molecule has 2 heterocycles. The molecule has 0 aliphatic carbocycles. The van der Waals surface area contributed by atoms with Crippen LogP contribution in [0.1, 0.15) is 37.7 Å². The van der Waals surface area contributed by atoms with Crippen LogP contribution >= 0.6 is 0 Å². The van der Waals surface area contributed by atoms with Crippen molar-refractivity contribution in [3.05, 3.63) is 29.6 Å². The van der Waals surface area contributed by atoms with Gasteiger partial charge in [-0.25, -0.2) is 27.3 Å². The van der Waals surface area contributed by atoms with Crippen molar-refractivity contribution in [3.63, 3.8) is 0 Å². The van der Waals surface area contributed by atoms with Gasteiger partial charge in [-0.2, -0.15) is 0 Å². The van der Waals surface area contributed by atoms with Crippen molar-refractivity contribution in [2.45, 2.75) is 38.2 Å². The van der Waals surface area contributed by atoms with Gasteiger partial charge in [-0.1, -0.05) is 6.07 Å². The first-order valence-corrected chi connectivity index (χ1v) is 12.4. The van der Waals surface area contributed by atoms with Crippen LogP contribution in [0.25, 0.3) is 0 Å². The molecule has 0 saturated carbocycles. The zero-order valence-electron chi connectivity index (χ0n) is 18.4. The number of aliphatic carboxylic acids is 1. The Hall–Kier alpha value is -3.22. The number of carbonyl (C=O) groups is 4. The minimum absolute atomic E-state index is 0.00435. The molecule has 3 rings (SSSR count). The minimum Gasteiger partial charge on any atom is -0.481 e. The number of benzene rings is 1. The van der Waals surface area contributed by atoms with E-state index in [1.807, 2.05) is 0 Å². The molecular weight excluding hydrogens is 475 g/mol. The largest absolute Gasteiger partial charge is 0.481 e. The molecule has 13 heteroatoms. The smallest absolute Gasteiger partial charge is 0.416 e. The van der Waals surface area contributed by atoms with Gasteiger partial charge in [-0.05, 0) is 36.5 Å². The minimum atomic E-state index is -3.08. The zero-order chi connectivity index (χ0) is 25.0. The topological polar surface area (TPSA) is 148 Å². The first kappa shape index (κ1) is 25.4. The predicted octanol–water partition coefficient (Wildman–Crippen LogP) is 1.90. The van der Waals surface area contributed by atoms with Crippen molar-refractivity contribution in [3.8, 4) is 0 Å². The van der Waals surface area contributed by atoms with Gasteiger partial charge in [-0.15, -0.1) is 0 Å². The van der Waals surface area contributed by atoms with Gasteiger partial charge in [0.25, 0.3) is 0 Å². The third-order valence-electron chi connectivity index (χ3n) is 5.69. The number of rotatable bonds is 7. The number of imide groups is 1. The molecule has 2 fully saturated rings. The molecule has 1 aromatic carbocycles. The average Bonchev–Trinajstić information content (AvgIpc) is 3.12. The Morgan fingerprint density at radius 1 is 1.26 bits per heavy atom. The number of anilines is 1. The lowest BCUT2D eigenvalue weighted by molar-refractivity contribution is -0.137. The Kier molecular flexibility index (Phi) is 7.75. The summed E-state index contributed by atoms with van der Waals surface area (Å²) in [6, 6.07) is 4.23. The average molecular weight is 501 g/mol. The highest BCUT2D eigenvalue weighted by atomic mass is 32.2. The summed E-state index contributed by atoms with van der Waals surface area (Å²) in [5, 5.41) is 8.62. The van der Waals surface area contributed by atoms with Gasteiger partial charge >= 0.3 is 18.2 Å². The van der Waals surface area contributed by atoms with Gasteiger partial charge in [-0.3, -0.25) is 14.5 Å². The number of hydrogen-bond donors (Lipinski definition) is 1. The van der Waals surface area contributed by atoms with Crippen molar-refractivity contribution < 1.29 is 46.6 Å². The van der Waals surface area contributed by atoms with Crippen LogP contribution in [-0.4, -0.2) is 79.8 Å². The summed E-state index contributed by atoms with van der Waals surface area (Å²) < 4.78 is 48.0. The molecule has 2 aliphatic heterocycles. The van der Waals surface area contributed by atoms with Crippen LogP contribution in [0.3, 0.4) is 0 Å². The second-order valence-electron chi connectivity index (χ2n) is 8.14. The second kappa shape index (κ2) is 10.4. The van der Waals surface area contributed by atoms with Crippen LogP contribution < -0.4 is 4.90 Å². The lowest BCUT2D eigenvalue weighted by Crippen LogP contribution is -2.42. The van der Waals surface area contributed by atoms with E-state index in [-0.39, 0.29) is 36.2 Å². The summed E-state index contributed by atoms with van der Waals surface area (Å²) in [5.41, 5.74) is 0.602. The number of nitrogens with zero attached hydrogens (tertiary/aromatic N) is 2. The summed E-state index contributed by atoms with van der Waals surface area (Å²) >= 11 is 0. The first-order chi connectivity index (χ1) is 16.0. The quantitative estimate of drug-likeness (QED) is 0.593. The molecule has 1 N–H and O–H groups in total. The Balaban J connectivity index is 1.64. The van der Waals surface area contributed by atoms with E-state index in [1.165, 1.54) is 18.2 Å². The molecule has 2 saturated heterocycles. The van der Waals surface area contributed by atoms with Crippen molar-refractivity contribution in [2.75, 3.05) is 36.1 Å². The van der Waals surface area contributed by atoms with Crippen LogP contribution in [0, 0.1) is 5.82 Å². The fourth-order valence-corrected chi connectivity index (χ4v) is 5.37. The van der Waals surface area contributed by atoms with Crippen LogP contribution in [0.2, 0.25) is 0 Å². The highest BCUT2D eigenvalue weighted by Gasteiger charge is 2.36. The van der Waals surface area contributed by atoms with Gasteiger partial charge in [0, 0.05) is 6.92 Å². The number of carbonyl (C=O) groups excluding carboxylic acids is 3. The van der Waals surface area contributed by atoms with Crippen molar-refractivity contribution in [1.29, 1.82) is 0 Å². The standard InChI is InChI=1S/C21H25FN2O9S/c1-13(25)23(20(28)32-7-4-19(26)27)11-16-12-24(21(29)33-16)15-2-3-17(18(22)10-15)14-5-8-34(30,31)9-6-14/h2-3,10,14,16H,4-9,11-12H2,1H3,(H,26,27)/t16-/m0/s1. The number of carboxylic acids is 1. The summed E-state index contributed by atoms with van der Waals surface area (Å²) in [7, 11) is -3.08. The Morgan fingerprint density at radius 2 is 1.94 bits per heavy atom. The summed E-state index contributed by atoms with van der Waals surface area (Å²) in [6.45, 7) is 0.302. The van der Waals surface area contributed by atoms with Gasteiger partial charge in [0.2, 0.25) is 5.91 Å². The highest BCUT2D eigenvalue weighted by Crippen LogP contribution is 2.33. The van der Waals surface area contributed by atoms with E-state index < -0.39 is 58.8 Å². The van der Waals surface area contributed by atoms with Crippen LogP contribution in [0.15, 0.2) is 18.2 Å². The van der Waals surface area contributed by atoms with Crippen LogP contribution in [0.5, 0.6) is 0 Å². The normalized spacial score (nSPS) is 20.0. The fourth-order valence-electron chi connectivity index (χ4n) is 3.88. The third kappa shape index (κ3) is 6.22. The van der Waals surface area contributed by atoms with E-state index in [2.05, 4.69) is 0 Å². The SMILES string of the molecule is CC(=O)N(C[C@H]1CN(c2ccc(C3CCS(=O)(=O)CC3)c(F)c2)C(=O)O1)C(=O)OCCC(=O)O. The highest BCUT2D eigenvalue weighted by molar-refractivity contribution is 7.91. The third-order valence-corrected chi connectivity index (χ3v) is 7.41. The molecule has 0 spiro atoms. The maximum absolute atomic E-state index is 14.8. The van der Waals surface area contributed by atoms with E-state index in [0.29, 0.717) is 23.3 Å². The van der Waals surface area contributed by atoms with Gasteiger partial charge in [0.05, 0.1) is 36.7 Å². The molecule has 11 nitrogen and oxygen atoms in total. The molecule has 0 aromatic heterocycles. The molecule has 0 radical (unpaired) electrons. The maximum Gasteiger partial charge on any atom is 0.416 e. The number of halogens is 1. The Labute approximate surface area is 195 Å². The predicted molar refractivity (Wildman–Crippen MR) is 116 cm³/mol. The van der Waals surface area contributed by atoms with Gasteiger partial charge in [0.15, 0.2) is 0 Å². The molecule has 34 heavy (non-hydrogen) atoms. The van der Waals surface area contributed by atoms with Gasteiger partial charge < -0.3 is 14.6 Å². The second-order valence-corrected chi connectivity index (χ2v) is 10.4. The Morgan fingerprint density at radius 3 is 2.53 bits per heavy atom. The number of hydrogen-bond acceptors (Lipinski definition) is 8. The zero-order valence-corrected chi connectivity index (χ0v) is 19.3. The molecule has 2 aliphatic rings. The van der Waals surface area contributed by atoms with E-state index in [9.17, 15) is 32.0 Å². The molecule has 186 valence electrons. The molecule has 0 unspecified atom stereocenters. The lowest BCUT2D eigenvalue weighted by atomic mass is 9.93. The van der Waals surface area contributed by atoms with E-state index in [0.717, 1.165) is 11.8 Å². The molecular formula is C21H25FN2O9S. The number of carboxylic acid groups (broad SMARTS) is 1. The molecule has 0 bridgehead atoms. The number of ether oxygens (including phenoxy) is 2. The summed E-state index contributed by atoms with van der Waals surface area (Å²) in [6.07, 6.45) is -2.53. The van der Waals surface area contributed by atoms with E-state index in [1.54, 1.807) is 0 Å². The van der Waals surface area contributed by atoms with Crippen LogP contribution in [-0.2, 0) is 28.9 Å². The monoisotopic (exact) mass is 500 g/mol. The molecule has 3 amide bonds. The van der Waals surface area contributed by atoms with E-state index in [4.69, 9.17) is 14.6 Å². The summed E-state index contributed by atoms with van der Waals surface area (Å²) in [5.74, 6) is -2.64. The van der Waals surface area contributed by atoms with Gasteiger partial charge in [0.1, 0.15) is 28.4 Å². The number of sulfone groups is 1. The first-order valence-electron chi connectivity index (χ1n) is 10.6. The summed E-state index contributed by atoms with van der Waals surface area (Å²) in [4.78, 5) is 48.7. The van der Waals surface area contributed by atoms with Crippen LogP contribution in [0.4, 0.5) is 19.7 Å². The van der Waals surface area contributed by atoms with Crippen molar-refractivity contribution in [2.24, 2.45) is 0 Å². The fraction of sp³-hybridized carbons (Fsp3) is 0.524. The lowest BCUT2D eigenvalue weighted by Gasteiger charge is -2.23. The Bertz CT molecular complexity index is 1080. The van der Waals surface area contributed by atoms with Crippen molar-refractivity contribution >= 4 is 39.6 Å². The number of cyclic esters (lactones) is 1. The van der Waals surface area contributed by atoms with Crippen molar-refractivity contribution in [1.82, 2.24) is 4.90 Å². The molecule has 1 atom stereocenters. The van der Waals surface area contributed by atoms with E-state index >= 15 is 0 Å². The molecule has 1 aromatic rings. The maximum atomic E-state index is 14.8.